The second-order valence-electron chi connectivity index (χ2n) is 5.58. The smallest absolute Gasteiger partial charge is 0.410 e. The van der Waals surface area contributed by atoms with Gasteiger partial charge in [-0.05, 0) is 20.8 Å². The Balaban J connectivity index is 2.44. The molecule has 1 amide bonds. The van der Waals surface area contributed by atoms with Gasteiger partial charge in [-0.1, -0.05) is 0 Å². The highest BCUT2D eigenvalue weighted by molar-refractivity contribution is 5.67. The molecule has 0 atom stereocenters. The second kappa shape index (κ2) is 6.40. The van der Waals surface area contributed by atoms with Crippen LogP contribution >= 0.6 is 0 Å². The molecule has 1 aromatic rings. The summed E-state index contributed by atoms with van der Waals surface area (Å²) in [5.41, 5.74) is 0.218. The van der Waals surface area contributed by atoms with Crippen LogP contribution in [0.15, 0.2) is 12.5 Å². The molecule has 0 radical (unpaired) electrons. The molecule has 1 N–H and O–H groups in total. The first-order valence-corrected chi connectivity index (χ1v) is 6.34. The second-order valence-corrected chi connectivity index (χ2v) is 5.58. The molecule has 0 aliphatic heterocycles. The van der Waals surface area contributed by atoms with Gasteiger partial charge in [0.25, 0.3) is 0 Å². The number of imidazole rings is 1. The lowest BCUT2D eigenvalue weighted by Gasteiger charge is -2.24. The quantitative estimate of drug-likeness (QED) is 0.882. The monoisotopic (exact) mass is 283 g/mol. The van der Waals surface area contributed by atoms with Crippen molar-refractivity contribution in [2.45, 2.75) is 39.3 Å². The molecule has 0 fully saturated rings. The van der Waals surface area contributed by atoms with Crippen molar-refractivity contribution in [2.75, 3.05) is 13.6 Å². The normalized spacial score (nSPS) is 11.2. The molecule has 1 rings (SSSR count). The Bertz CT molecular complexity index is 476. The van der Waals surface area contributed by atoms with E-state index in [-0.39, 0.29) is 12.6 Å². The largest absolute Gasteiger partial charge is 0.480 e. The Morgan fingerprint density at radius 2 is 2.10 bits per heavy atom. The van der Waals surface area contributed by atoms with Crippen molar-refractivity contribution < 1.29 is 19.4 Å². The number of amides is 1. The highest BCUT2D eigenvalue weighted by Crippen LogP contribution is 2.09. The van der Waals surface area contributed by atoms with Crippen LogP contribution in [0.5, 0.6) is 0 Å². The Morgan fingerprint density at radius 3 is 2.65 bits per heavy atom. The zero-order valence-corrected chi connectivity index (χ0v) is 12.3. The molecule has 1 aromatic heterocycles. The standard InChI is InChI=1S/C13H21N3O4/c1-13(2,3)20-12(19)15(4)6-5-10-7-16(9-14-10)8-11(17)18/h7,9H,5-6,8H2,1-4H3,(H,17,18). The SMILES string of the molecule is CN(CCc1cn(CC(=O)O)cn1)C(=O)OC(C)(C)C. The highest BCUT2D eigenvalue weighted by atomic mass is 16.6. The van der Waals surface area contributed by atoms with Crippen molar-refractivity contribution in [1.29, 1.82) is 0 Å². The van der Waals surface area contributed by atoms with Crippen LogP contribution < -0.4 is 0 Å². The average Bonchev–Trinajstić information content (AvgIpc) is 2.70. The van der Waals surface area contributed by atoms with Crippen LogP contribution in [0.1, 0.15) is 26.5 Å². The fourth-order valence-corrected chi connectivity index (χ4v) is 1.49. The summed E-state index contributed by atoms with van der Waals surface area (Å²) in [6, 6.07) is 0. The zero-order chi connectivity index (χ0) is 15.3. The van der Waals surface area contributed by atoms with Crippen molar-refractivity contribution in [1.82, 2.24) is 14.5 Å². The van der Waals surface area contributed by atoms with Gasteiger partial charge >= 0.3 is 12.1 Å². The van der Waals surface area contributed by atoms with Crippen molar-refractivity contribution in [3.05, 3.63) is 18.2 Å². The van der Waals surface area contributed by atoms with Crippen molar-refractivity contribution >= 4 is 12.1 Å². The van der Waals surface area contributed by atoms with Crippen LogP contribution in [0.4, 0.5) is 4.79 Å². The van der Waals surface area contributed by atoms with Crippen molar-refractivity contribution in [3.63, 3.8) is 0 Å². The number of carboxylic acid groups (broad SMARTS) is 1. The Morgan fingerprint density at radius 1 is 1.45 bits per heavy atom. The van der Waals surface area contributed by atoms with Crippen LogP contribution in [-0.2, 0) is 22.5 Å². The summed E-state index contributed by atoms with van der Waals surface area (Å²) in [5.74, 6) is -0.917. The lowest BCUT2D eigenvalue weighted by Crippen LogP contribution is -2.35. The number of ether oxygens (including phenoxy) is 1. The van der Waals surface area contributed by atoms with Gasteiger partial charge in [-0.2, -0.15) is 0 Å². The maximum Gasteiger partial charge on any atom is 0.410 e. The summed E-state index contributed by atoms with van der Waals surface area (Å²) in [7, 11) is 1.66. The van der Waals surface area contributed by atoms with Gasteiger partial charge in [0.15, 0.2) is 0 Å². The molecule has 0 bridgehead atoms. The summed E-state index contributed by atoms with van der Waals surface area (Å²) in [6.07, 6.45) is 3.29. The molecule has 0 unspecified atom stereocenters. The first-order chi connectivity index (χ1) is 9.17. The number of hydrogen-bond donors (Lipinski definition) is 1. The van der Waals surface area contributed by atoms with Gasteiger partial charge in [-0.15, -0.1) is 0 Å². The minimum atomic E-state index is -0.917. The van der Waals surface area contributed by atoms with Crippen LogP contribution in [-0.4, -0.2) is 50.8 Å². The number of carboxylic acids is 1. The van der Waals surface area contributed by atoms with Gasteiger partial charge in [0.1, 0.15) is 12.1 Å². The maximum atomic E-state index is 11.7. The summed E-state index contributed by atoms with van der Waals surface area (Å²) < 4.78 is 6.72. The summed E-state index contributed by atoms with van der Waals surface area (Å²) in [5, 5.41) is 8.66. The molecule has 0 saturated carbocycles. The lowest BCUT2D eigenvalue weighted by molar-refractivity contribution is -0.137. The predicted molar refractivity (Wildman–Crippen MR) is 72.4 cm³/mol. The van der Waals surface area contributed by atoms with E-state index >= 15 is 0 Å². The molecule has 20 heavy (non-hydrogen) atoms. The van der Waals surface area contributed by atoms with Gasteiger partial charge in [0.2, 0.25) is 0 Å². The van der Waals surface area contributed by atoms with E-state index in [1.165, 1.54) is 15.8 Å². The lowest BCUT2D eigenvalue weighted by atomic mass is 10.2. The third-order valence-corrected chi connectivity index (χ3v) is 2.41. The van der Waals surface area contributed by atoms with Crippen molar-refractivity contribution in [3.8, 4) is 0 Å². The third kappa shape index (κ3) is 5.73. The van der Waals surface area contributed by atoms with Gasteiger partial charge in [-0.3, -0.25) is 4.79 Å². The summed E-state index contributed by atoms with van der Waals surface area (Å²) >= 11 is 0. The number of aliphatic carboxylic acids is 1. The maximum absolute atomic E-state index is 11.7. The Labute approximate surface area is 118 Å². The van der Waals surface area contributed by atoms with E-state index in [0.717, 1.165) is 5.69 Å². The number of aromatic nitrogens is 2. The molecule has 7 nitrogen and oxygen atoms in total. The Hall–Kier alpha value is -2.05. The third-order valence-electron chi connectivity index (χ3n) is 2.41. The molecule has 1 heterocycles. The molecule has 0 spiro atoms. The molecule has 112 valence electrons. The predicted octanol–water partition coefficient (Wildman–Crippen LogP) is 1.38. The number of carbonyl (C=O) groups is 2. The van der Waals surface area contributed by atoms with Crippen LogP contribution in [0.3, 0.4) is 0 Å². The highest BCUT2D eigenvalue weighted by Gasteiger charge is 2.19. The van der Waals surface area contributed by atoms with Gasteiger partial charge in [0, 0.05) is 26.2 Å². The van der Waals surface area contributed by atoms with E-state index in [1.54, 1.807) is 13.2 Å². The molecular weight excluding hydrogens is 262 g/mol. The van der Waals surface area contributed by atoms with E-state index in [9.17, 15) is 9.59 Å². The number of carbonyl (C=O) groups excluding carboxylic acids is 1. The first kappa shape index (κ1) is 16.0. The minimum absolute atomic E-state index is 0.116. The topological polar surface area (TPSA) is 84.7 Å². The number of hydrogen-bond acceptors (Lipinski definition) is 4. The van der Waals surface area contributed by atoms with E-state index in [0.29, 0.717) is 13.0 Å². The molecule has 0 aromatic carbocycles. The number of likely N-dealkylation sites (N-methyl/N-ethyl adjacent to an activating group) is 1. The van der Waals surface area contributed by atoms with E-state index in [2.05, 4.69) is 4.98 Å². The first-order valence-electron chi connectivity index (χ1n) is 6.34. The summed E-state index contributed by atoms with van der Waals surface area (Å²) in [4.78, 5) is 27.8. The molecular formula is C13H21N3O4. The van der Waals surface area contributed by atoms with Crippen LogP contribution in [0.25, 0.3) is 0 Å². The average molecular weight is 283 g/mol. The molecule has 0 aliphatic carbocycles. The van der Waals surface area contributed by atoms with Crippen LogP contribution in [0, 0.1) is 0 Å². The molecule has 0 aliphatic rings. The van der Waals surface area contributed by atoms with E-state index < -0.39 is 11.6 Å². The number of nitrogens with zero attached hydrogens (tertiary/aromatic N) is 3. The van der Waals surface area contributed by atoms with Gasteiger partial charge < -0.3 is 19.3 Å². The fraction of sp³-hybridized carbons (Fsp3) is 0.615. The Kier molecular flexibility index (Phi) is 5.12. The fourth-order valence-electron chi connectivity index (χ4n) is 1.49. The summed E-state index contributed by atoms with van der Waals surface area (Å²) in [6.45, 7) is 5.78. The van der Waals surface area contributed by atoms with E-state index in [4.69, 9.17) is 9.84 Å². The zero-order valence-electron chi connectivity index (χ0n) is 12.3. The van der Waals surface area contributed by atoms with E-state index in [1.807, 2.05) is 20.8 Å². The minimum Gasteiger partial charge on any atom is -0.480 e. The molecule has 7 heteroatoms. The molecule has 0 saturated heterocycles. The van der Waals surface area contributed by atoms with Crippen LogP contribution in [0.2, 0.25) is 0 Å². The van der Waals surface area contributed by atoms with Gasteiger partial charge in [0.05, 0.1) is 12.0 Å². The van der Waals surface area contributed by atoms with Gasteiger partial charge in [-0.25, -0.2) is 9.78 Å². The van der Waals surface area contributed by atoms with Crippen molar-refractivity contribution in [2.24, 2.45) is 0 Å². The number of rotatable bonds is 5.